The molecule has 2 aromatic heterocycles. The predicted molar refractivity (Wildman–Crippen MR) is 88.9 cm³/mol. The molecule has 1 aromatic carbocycles. The van der Waals surface area contributed by atoms with Crippen molar-refractivity contribution in [2.24, 2.45) is 0 Å². The average molecular weight is 311 g/mol. The molecule has 0 radical (unpaired) electrons. The lowest BCUT2D eigenvalue weighted by molar-refractivity contribution is 0.303. The van der Waals surface area contributed by atoms with Crippen molar-refractivity contribution in [3.05, 3.63) is 42.6 Å². The molecule has 1 aliphatic rings. The number of quaternary nitrogens is 1. The van der Waals surface area contributed by atoms with Gasteiger partial charge in [-0.1, -0.05) is 6.07 Å². The Morgan fingerprint density at radius 2 is 2.04 bits per heavy atom. The molecule has 23 heavy (non-hydrogen) atoms. The van der Waals surface area contributed by atoms with Crippen molar-refractivity contribution in [1.29, 1.82) is 0 Å². The number of methoxy groups -OCH3 is 1. The van der Waals surface area contributed by atoms with Gasteiger partial charge >= 0.3 is 0 Å². The van der Waals surface area contributed by atoms with Gasteiger partial charge in [0.2, 0.25) is 5.82 Å². The van der Waals surface area contributed by atoms with Crippen LogP contribution in [0.5, 0.6) is 5.75 Å². The van der Waals surface area contributed by atoms with Gasteiger partial charge in [-0.2, -0.15) is 0 Å². The van der Waals surface area contributed by atoms with Crippen molar-refractivity contribution in [2.75, 3.05) is 33.3 Å². The summed E-state index contributed by atoms with van der Waals surface area (Å²) in [7, 11) is 1.65. The third-order valence-corrected chi connectivity index (χ3v) is 4.49. The molecule has 0 aliphatic carbocycles. The SMILES string of the molecule is COc1ccc2c([N+]3(c4ccccn4)CCNCC3)noc2c1. The van der Waals surface area contributed by atoms with Crippen LogP contribution in [-0.2, 0) is 0 Å². The van der Waals surface area contributed by atoms with Crippen LogP contribution in [0.3, 0.4) is 0 Å². The fourth-order valence-electron chi connectivity index (χ4n) is 3.27. The molecule has 6 heteroatoms. The van der Waals surface area contributed by atoms with Gasteiger partial charge in [-0.25, -0.2) is 9.47 Å². The molecule has 0 atom stereocenters. The molecule has 118 valence electrons. The number of benzene rings is 1. The standard InChI is InChI=1S/C17H19N4O2/c1-22-13-5-6-14-15(12-13)23-20-17(14)21(10-8-18-9-11-21)16-4-2-3-7-19-16/h2-7,12,18H,8-11H2,1H3/q+1. The van der Waals surface area contributed by atoms with Gasteiger partial charge in [0.05, 0.1) is 7.11 Å². The maximum absolute atomic E-state index is 5.60. The number of piperazine rings is 1. The Hall–Kier alpha value is -2.44. The molecule has 3 heterocycles. The highest BCUT2D eigenvalue weighted by Gasteiger charge is 2.40. The van der Waals surface area contributed by atoms with Crippen LogP contribution in [0.15, 0.2) is 47.1 Å². The van der Waals surface area contributed by atoms with E-state index in [-0.39, 0.29) is 0 Å². The molecule has 0 bridgehead atoms. The first-order valence-electron chi connectivity index (χ1n) is 7.77. The van der Waals surface area contributed by atoms with E-state index in [1.54, 1.807) is 7.11 Å². The lowest BCUT2D eigenvalue weighted by atomic mass is 10.1. The van der Waals surface area contributed by atoms with Gasteiger partial charge in [0.25, 0.3) is 5.82 Å². The number of aromatic nitrogens is 2. The van der Waals surface area contributed by atoms with E-state index in [1.165, 1.54) is 0 Å². The highest BCUT2D eigenvalue weighted by molar-refractivity contribution is 5.89. The number of fused-ring (bicyclic) bond motifs is 1. The highest BCUT2D eigenvalue weighted by atomic mass is 16.5. The number of pyridine rings is 1. The van der Waals surface area contributed by atoms with Crippen LogP contribution in [0.25, 0.3) is 11.0 Å². The molecule has 0 saturated carbocycles. The minimum atomic E-state index is 0.604. The monoisotopic (exact) mass is 311 g/mol. The molecule has 1 aliphatic heterocycles. The van der Waals surface area contributed by atoms with Gasteiger partial charge in [0, 0.05) is 31.4 Å². The van der Waals surface area contributed by atoms with Crippen molar-refractivity contribution in [3.63, 3.8) is 0 Å². The van der Waals surface area contributed by atoms with Crippen LogP contribution in [0, 0.1) is 0 Å². The third-order valence-electron chi connectivity index (χ3n) is 4.49. The third kappa shape index (κ3) is 2.27. The van der Waals surface area contributed by atoms with E-state index in [1.807, 2.05) is 36.5 Å². The van der Waals surface area contributed by atoms with Gasteiger partial charge in [-0.05, 0) is 23.4 Å². The molecule has 1 fully saturated rings. The summed E-state index contributed by atoms with van der Waals surface area (Å²) in [5.41, 5.74) is 0.742. The van der Waals surface area contributed by atoms with Gasteiger partial charge in [0.15, 0.2) is 5.58 Å². The largest absolute Gasteiger partial charge is 0.497 e. The highest BCUT2D eigenvalue weighted by Crippen LogP contribution is 2.38. The normalized spacial score (nSPS) is 17.3. The topological polar surface area (TPSA) is 60.2 Å². The molecule has 0 amide bonds. The van der Waals surface area contributed by atoms with Gasteiger partial charge < -0.3 is 14.6 Å². The van der Waals surface area contributed by atoms with Gasteiger partial charge in [-0.15, -0.1) is 0 Å². The Labute approximate surface area is 134 Å². The van der Waals surface area contributed by atoms with Crippen molar-refractivity contribution in [1.82, 2.24) is 19.9 Å². The van der Waals surface area contributed by atoms with Crippen LogP contribution in [0.2, 0.25) is 0 Å². The number of nitrogens with one attached hydrogen (secondary N) is 1. The second-order valence-electron chi connectivity index (χ2n) is 5.72. The minimum absolute atomic E-state index is 0.604. The average Bonchev–Trinajstić information content (AvgIpc) is 3.06. The van der Waals surface area contributed by atoms with Gasteiger partial charge in [0.1, 0.15) is 24.2 Å². The molecular formula is C17H19N4O2+. The van der Waals surface area contributed by atoms with E-state index in [9.17, 15) is 0 Å². The van der Waals surface area contributed by atoms with E-state index in [2.05, 4.69) is 21.5 Å². The summed E-state index contributed by atoms with van der Waals surface area (Å²) >= 11 is 0. The quantitative estimate of drug-likeness (QED) is 0.753. The Kier molecular flexibility index (Phi) is 3.48. The lowest BCUT2D eigenvalue weighted by Gasteiger charge is -2.37. The molecule has 4 rings (SSSR count). The van der Waals surface area contributed by atoms with Crippen LogP contribution in [0.4, 0.5) is 11.6 Å². The second kappa shape index (κ2) is 5.64. The maximum Gasteiger partial charge on any atom is 0.280 e. The zero-order valence-corrected chi connectivity index (χ0v) is 13.0. The second-order valence-corrected chi connectivity index (χ2v) is 5.72. The summed E-state index contributed by atoms with van der Waals surface area (Å²) in [5, 5.41) is 8.84. The molecular weight excluding hydrogens is 292 g/mol. The Bertz CT molecular complexity index is 810. The molecule has 1 N–H and O–H groups in total. The Morgan fingerprint density at radius 1 is 1.17 bits per heavy atom. The van der Waals surface area contributed by atoms with E-state index < -0.39 is 0 Å². The smallest absolute Gasteiger partial charge is 0.280 e. The summed E-state index contributed by atoms with van der Waals surface area (Å²) in [6, 6.07) is 11.9. The molecule has 3 aromatic rings. The summed E-state index contributed by atoms with van der Waals surface area (Å²) in [6.07, 6.45) is 1.84. The van der Waals surface area contributed by atoms with Crippen LogP contribution >= 0.6 is 0 Å². The van der Waals surface area contributed by atoms with Gasteiger partial charge in [-0.3, -0.25) is 0 Å². The van der Waals surface area contributed by atoms with E-state index in [4.69, 9.17) is 9.26 Å². The summed E-state index contributed by atoms with van der Waals surface area (Å²) in [6.45, 7) is 3.62. The Morgan fingerprint density at radius 3 is 2.78 bits per heavy atom. The van der Waals surface area contributed by atoms with Crippen LogP contribution < -0.4 is 14.5 Å². The summed E-state index contributed by atoms with van der Waals surface area (Å²) < 4.78 is 11.5. The van der Waals surface area contributed by atoms with Crippen LogP contribution in [0.1, 0.15) is 0 Å². The van der Waals surface area contributed by atoms with Crippen LogP contribution in [-0.4, -0.2) is 43.4 Å². The minimum Gasteiger partial charge on any atom is -0.497 e. The van der Waals surface area contributed by atoms with Crippen molar-refractivity contribution in [3.8, 4) is 5.75 Å². The zero-order valence-electron chi connectivity index (χ0n) is 13.0. The van der Waals surface area contributed by atoms with Crippen molar-refractivity contribution < 1.29 is 9.26 Å². The van der Waals surface area contributed by atoms with Crippen molar-refractivity contribution in [2.45, 2.75) is 0 Å². The number of hydrogen-bond donors (Lipinski definition) is 1. The number of ether oxygens (including phenoxy) is 1. The first-order chi connectivity index (χ1) is 11.3. The maximum atomic E-state index is 5.60. The molecule has 6 nitrogen and oxygen atoms in total. The first-order valence-corrected chi connectivity index (χ1v) is 7.77. The molecule has 0 spiro atoms. The Balaban J connectivity index is 1.90. The molecule has 0 unspecified atom stereocenters. The van der Waals surface area contributed by atoms with Crippen molar-refractivity contribution >= 4 is 22.6 Å². The fourth-order valence-corrected chi connectivity index (χ4v) is 3.27. The predicted octanol–water partition coefficient (Wildman–Crippen LogP) is 2.47. The summed E-state index contributed by atoms with van der Waals surface area (Å²) in [4.78, 5) is 4.61. The first kappa shape index (κ1) is 14.2. The zero-order chi connectivity index (χ0) is 15.7. The van der Waals surface area contributed by atoms with E-state index in [0.717, 1.165) is 54.5 Å². The fraction of sp³-hybridized carbons (Fsp3) is 0.294. The summed E-state index contributed by atoms with van der Waals surface area (Å²) in [5.74, 6) is 2.69. The lowest BCUT2D eigenvalue weighted by Crippen LogP contribution is -2.57. The number of nitrogens with zero attached hydrogens (tertiary/aromatic N) is 3. The number of rotatable bonds is 3. The number of hydrogen-bond acceptors (Lipinski definition) is 5. The van der Waals surface area contributed by atoms with E-state index in [0.29, 0.717) is 4.48 Å². The molecule has 1 saturated heterocycles. The van der Waals surface area contributed by atoms with E-state index >= 15 is 0 Å².